The highest BCUT2D eigenvalue weighted by atomic mass is 14.9. The quantitative estimate of drug-likeness (QED) is 0.526. The van der Waals surface area contributed by atoms with Crippen LogP contribution in [0, 0.1) is 28.1 Å². The minimum Gasteiger partial charge on any atom is -0.0776 e. The van der Waals surface area contributed by atoms with Gasteiger partial charge >= 0.3 is 0 Å². The van der Waals surface area contributed by atoms with Gasteiger partial charge in [0.1, 0.15) is 0 Å². The third-order valence-electron chi connectivity index (χ3n) is 6.21. The molecule has 0 heteroatoms. The van der Waals surface area contributed by atoms with Gasteiger partial charge in [0.2, 0.25) is 0 Å². The average molecular weight is 180 g/mol. The summed E-state index contributed by atoms with van der Waals surface area (Å²) >= 11 is 0. The topological polar surface area (TPSA) is 0 Å². The van der Waals surface area contributed by atoms with E-state index < -0.39 is 0 Å². The van der Waals surface area contributed by atoms with Crippen LogP contribution in [0.25, 0.3) is 0 Å². The van der Waals surface area contributed by atoms with Crippen molar-refractivity contribution < 1.29 is 0 Å². The van der Waals surface area contributed by atoms with Gasteiger partial charge in [-0.1, -0.05) is 35.1 Å². The molecule has 13 heavy (non-hydrogen) atoms. The standard InChI is InChI=1S/C12H20.CH4/c1-8-10(2,3)9-5-6-12(9)7-11(8,12)4;/h8-9H,5-7H2,1-4H3;1H4. The Labute approximate surface area is 83.1 Å². The minimum absolute atomic E-state index is 0. The second-order valence-corrected chi connectivity index (χ2v) is 6.38. The lowest BCUT2D eigenvalue weighted by Crippen LogP contribution is -2.36. The molecule has 0 nitrogen and oxygen atoms in total. The molecular weight excluding hydrogens is 156 g/mol. The first-order valence-electron chi connectivity index (χ1n) is 5.45. The Balaban J connectivity index is 0.000000653. The molecule has 3 aliphatic rings. The molecule has 0 heterocycles. The van der Waals surface area contributed by atoms with Gasteiger partial charge in [0, 0.05) is 0 Å². The first kappa shape index (κ1) is 9.55. The molecule has 0 aromatic heterocycles. The van der Waals surface area contributed by atoms with Gasteiger partial charge in [-0.2, -0.15) is 0 Å². The zero-order valence-corrected chi connectivity index (χ0v) is 8.78. The van der Waals surface area contributed by atoms with Crippen LogP contribution < -0.4 is 0 Å². The summed E-state index contributed by atoms with van der Waals surface area (Å²) in [5.74, 6) is 2.03. The van der Waals surface area contributed by atoms with Crippen molar-refractivity contribution in [3.8, 4) is 0 Å². The molecular formula is C13H24. The van der Waals surface area contributed by atoms with E-state index in [4.69, 9.17) is 0 Å². The van der Waals surface area contributed by atoms with Gasteiger partial charge in [0.15, 0.2) is 0 Å². The third kappa shape index (κ3) is 0.649. The van der Waals surface area contributed by atoms with Crippen LogP contribution in [0.3, 0.4) is 0 Å². The summed E-state index contributed by atoms with van der Waals surface area (Å²) in [6.07, 6.45) is 4.62. The van der Waals surface area contributed by atoms with Crippen molar-refractivity contribution in [2.75, 3.05) is 0 Å². The first-order valence-corrected chi connectivity index (χ1v) is 5.45. The zero-order chi connectivity index (χ0) is 8.78. The van der Waals surface area contributed by atoms with Crippen molar-refractivity contribution in [3.63, 3.8) is 0 Å². The molecule has 0 aromatic rings. The highest BCUT2D eigenvalue weighted by molar-refractivity contribution is 5.30. The van der Waals surface area contributed by atoms with Crippen LogP contribution in [0.4, 0.5) is 0 Å². The fourth-order valence-corrected chi connectivity index (χ4v) is 4.93. The number of hydrogen-bond acceptors (Lipinski definition) is 0. The molecule has 3 fully saturated rings. The lowest BCUT2D eigenvalue weighted by Gasteiger charge is -2.44. The smallest absolute Gasteiger partial charge is 0.0202 e. The van der Waals surface area contributed by atoms with Crippen molar-refractivity contribution in [1.29, 1.82) is 0 Å². The second kappa shape index (κ2) is 1.99. The Morgan fingerprint density at radius 3 is 2.00 bits per heavy atom. The summed E-state index contributed by atoms with van der Waals surface area (Å²) in [5, 5.41) is 0. The van der Waals surface area contributed by atoms with Crippen molar-refractivity contribution in [1.82, 2.24) is 0 Å². The van der Waals surface area contributed by atoms with Crippen LogP contribution >= 0.6 is 0 Å². The van der Waals surface area contributed by atoms with Crippen LogP contribution in [0.1, 0.15) is 54.4 Å². The number of hydrogen-bond donors (Lipinski definition) is 0. The lowest BCUT2D eigenvalue weighted by atomic mass is 9.60. The Morgan fingerprint density at radius 2 is 1.77 bits per heavy atom. The first-order chi connectivity index (χ1) is 5.45. The fraction of sp³-hybridized carbons (Fsp3) is 1.00. The van der Waals surface area contributed by atoms with Gasteiger partial charge in [-0.25, -0.2) is 0 Å². The summed E-state index contributed by atoms with van der Waals surface area (Å²) in [4.78, 5) is 0. The van der Waals surface area contributed by atoms with Crippen LogP contribution in [-0.2, 0) is 0 Å². The summed E-state index contributed by atoms with van der Waals surface area (Å²) in [6, 6.07) is 0. The molecule has 3 aliphatic carbocycles. The van der Waals surface area contributed by atoms with Crippen molar-refractivity contribution in [2.45, 2.75) is 54.4 Å². The van der Waals surface area contributed by atoms with Crippen LogP contribution in [0.5, 0.6) is 0 Å². The highest BCUT2D eigenvalue weighted by Crippen LogP contribution is 2.89. The lowest BCUT2D eigenvalue weighted by molar-refractivity contribution is 0.0475. The molecule has 1 spiro atoms. The van der Waals surface area contributed by atoms with Gasteiger partial charge < -0.3 is 0 Å². The summed E-state index contributed by atoms with van der Waals surface area (Å²) in [6.45, 7) is 10.0. The SMILES string of the molecule is C.CC1C(C)(C)C2CCC23CC13C. The molecule has 0 radical (unpaired) electrons. The largest absolute Gasteiger partial charge is 0.0776 e. The normalized spacial score (nSPS) is 60.0. The van der Waals surface area contributed by atoms with Gasteiger partial charge in [-0.05, 0) is 47.3 Å². The van der Waals surface area contributed by atoms with E-state index in [-0.39, 0.29) is 7.43 Å². The van der Waals surface area contributed by atoms with Gasteiger partial charge in [0.05, 0.1) is 0 Å². The molecule has 0 amide bonds. The number of rotatable bonds is 0. The molecule has 3 saturated carbocycles. The van der Waals surface area contributed by atoms with E-state index in [9.17, 15) is 0 Å². The molecule has 0 aliphatic heterocycles. The van der Waals surface area contributed by atoms with Crippen molar-refractivity contribution in [2.24, 2.45) is 28.1 Å². The van der Waals surface area contributed by atoms with Gasteiger partial charge in [-0.15, -0.1) is 0 Å². The second-order valence-electron chi connectivity index (χ2n) is 6.38. The molecule has 4 atom stereocenters. The van der Waals surface area contributed by atoms with Crippen molar-refractivity contribution in [3.05, 3.63) is 0 Å². The third-order valence-corrected chi connectivity index (χ3v) is 6.21. The van der Waals surface area contributed by atoms with Gasteiger partial charge in [0.25, 0.3) is 0 Å². The summed E-state index contributed by atoms with van der Waals surface area (Å²) in [7, 11) is 0. The zero-order valence-electron chi connectivity index (χ0n) is 8.78. The van der Waals surface area contributed by atoms with Crippen LogP contribution in [0.15, 0.2) is 0 Å². The average Bonchev–Trinajstić information content (AvgIpc) is 2.53. The molecule has 0 aromatic carbocycles. The van der Waals surface area contributed by atoms with E-state index >= 15 is 0 Å². The molecule has 4 unspecified atom stereocenters. The maximum Gasteiger partial charge on any atom is -0.0202 e. The Kier molecular flexibility index (Phi) is 1.46. The Bertz CT molecular complexity index is 233. The van der Waals surface area contributed by atoms with E-state index in [0.717, 1.165) is 22.7 Å². The monoisotopic (exact) mass is 180 g/mol. The fourth-order valence-electron chi connectivity index (χ4n) is 4.93. The molecule has 0 bridgehead atoms. The van der Waals surface area contributed by atoms with E-state index in [1.54, 1.807) is 12.8 Å². The van der Waals surface area contributed by atoms with E-state index in [1.165, 1.54) is 6.42 Å². The molecule has 76 valence electrons. The van der Waals surface area contributed by atoms with E-state index in [2.05, 4.69) is 27.7 Å². The van der Waals surface area contributed by atoms with Gasteiger partial charge in [-0.3, -0.25) is 0 Å². The highest BCUT2D eigenvalue weighted by Gasteiger charge is 2.81. The predicted octanol–water partition coefficient (Wildman–Crippen LogP) is 4.10. The maximum absolute atomic E-state index is 2.54. The molecule has 3 rings (SSSR count). The van der Waals surface area contributed by atoms with E-state index in [1.807, 2.05) is 0 Å². The van der Waals surface area contributed by atoms with Crippen molar-refractivity contribution >= 4 is 0 Å². The van der Waals surface area contributed by atoms with Crippen LogP contribution in [-0.4, -0.2) is 0 Å². The summed E-state index contributed by atoms with van der Waals surface area (Å²) in [5.41, 5.74) is 2.24. The molecule has 0 N–H and O–H groups in total. The Hall–Kier alpha value is 0. The Morgan fingerprint density at radius 1 is 1.15 bits per heavy atom. The molecule has 0 saturated heterocycles. The maximum atomic E-state index is 2.54. The van der Waals surface area contributed by atoms with Crippen LogP contribution in [0.2, 0.25) is 0 Å². The van der Waals surface area contributed by atoms with E-state index in [0.29, 0.717) is 5.41 Å². The minimum atomic E-state index is 0. The predicted molar refractivity (Wildman–Crippen MR) is 57.6 cm³/mol. The summed E-state index contributed by atoms with van der Waals surface area (Å²) < 4.78 is 0.